The van der Waals surface area contributed by atoms with Gasteiger partial charge in [0, 0.05) is 37.3 Å². The zero-order valence-corrected chi connectivity index (χ0v) is 20.5. The van der Waals surface area contributed by atoms with Crippen LogP contribution in [0.4, 0.5) is 5.82 Å². The van der Waals surface area contributed by atoms with Crippen molar-refractivity contribution in [3.8, 4) is 17.1 Å². The predicted octanol–water partition coefficient (Wildman–Crippen LogP) is 0.923. The number of nitrogens with zero attached hydrogens (tertiary/aromatic N) is 6. The zero-order valence-electron chi connectivity index (χ0n) is 19.7. The van der Waals surface area contributed by atoms with Gasteiger partial charge in [-0.25, -0.2) is 15.0 Å². The number of carbonyl (C=O) groups excluding carboxylic acids is 1. The van der Waals surface area contributed by atoms with E-state index in [1.165, 1.54) is 24.1 Å². The van der Waals surface area contributed by atoms with E-state index in [1.54, 1.807) is 37.7 Å². The Morgan fingerprint density at radius 3 is 2.81 bits per heavy atom. The molecule has 0 aliphatic carbocycles. The summed E-state index contributed by atoms with van der Waals surface area (Å²) in [5.74, 6) is 0.749. The third kappa shape index (κ3) is 4.76. The molecule has 0 bridgehead atoms. The van der Waals surface area contributed by atoms with Crippen molar-refractivity contribution in [1.82, 2.24) is 34.8 Å². The number of amides is 1. The SMILES string of the molecule is CNC(=O)[C@@H]1OC(n2cnc3c(NCc4cc(OC)ccn4)nc(-c4cncc(Cl)c4)nc32)C(O)C1O. The molecule has 0 radical (unpaired) electrons. The summed E-state index contributed by atoms with van der Waals surface area (Å²) in [6, 6.07) is 5.19. The second-order valence-corrected chi connectivity index (χ2v) is 8.63. The highest BCUT2D eigenvalue weighted by Gasteiger charge is 2.47. The van der Waals surface area contributed by atoms with Gasteiger partial charge in [-0.1, -0.05) is 11.6 Å². The van der Waals surface area contributed by atoms with E-state index in [0.29, 0.717) is 45.6 Å². The molecule has 1 saturated heterocycles. The number of hydrogen-bond donors (Lipinski definition) is 4. The van der Waals surface area contributed by atoms with Crippen LogP contribution in [-0.2, 0) is 16.1 Å². The van der Waals surface area contributed by atoms with Crippen LogP contribution in [0.5, 0.6) is 5.75 Å². The number of fused-ring (bicyclic) bond motifs is 1. The number of ether oxygens (including phenoxy) is 2. The Morgan fingerprint density at radius 1 is 1.22 bits per heavy atom. The summed E-state index contributed by atoms with van der Waals surface area (Å²) in [6.07, 6.45) is 0.837. The Morgan fingerprint density at radius 2 is 2.05 bits per heavy atom. The summed E-state index contributed by atoms with van der Waals surface area (Å²) >= 11 is 6.14. The summed E-state index contributed by atoms with van der Waals surface area (Å²) in [6.45, 7) is 0.295. The largest absolute Gasteiger partial charge is 0.497 e. The Bertz CT molecular complexity index is 1450. The van der Waals surface area contributed by atoms with E-state index < -0.39 is 30.4 Å². The number of carbonyl (C=O) groups is 1. The van der Waals surface area contributed by atoms with Gasteiger partial charge < -0.3 is 30.3 Å². The van der Waals surface area contributed by atoms with Crippen LogP contribution < -0.4 is 15.4 Å². The number of imidazole rings is 1. The fourth-order valence-electron chi connectivity index (χ4n) is 3.99. The topological polar surface area (TPSA) is 169 Å². The molecule has 192 valence electrons. The maximum atomic E-state index is 12.1. The van der Waals surface area contributed by atoms with E-state index in [-0.39, 0.29) is 5.82 Å². The molecular formula is C23H23ClN8O5. The molecular weight excluding hydrogens is 504 g/mol. The molecule has 4 N–H and O–H groups in total. The minimum atomic E-state index is -1.45. The minimum absolute atomic E-state index is 0.279. The fraction of sp³-hybridized carbons (Fsp3) is 0.304. The molecule has 0 saturated carbocycles. The van der Waals surface area contributed by atoms with Crippen molar-refractivity contribution in [1.29, 1.82) is 0 Å². The van der Waals surface area contributed by atoms with Crippen LogP contribution in [-0.4, -0.2) is 78.1 Å². The first-order valence-corrected chi connectivity index (χ1v) is 11.6. The molecule has 1 aliphatic rings. The molecule has 1 fully saturated rings. The number of nitrogens with one attached hydrogen (secondary N) is 2. The van der Waals surface area contributed by atoms with Crippen LogP contribution in [0.3, 0.4) is 0 Å². The summed E-state index contributed by atoms with van der Waals surface area (Å²) in [7, 11) is 2.99. The highest BCUT2D eigenvalue weighted by Crippen LogP contribution is 2.34. The van der Waals surface area contributed by atoms with Crippen LogP contribution >= 0.6 is 11.6 Å². The van der Waals surface area contributed by atoms with Crippen molar-refractivity contribution < 1.29 is 24.5 Å². The number of likely N-dealkylation sites (N-methyl/N-ethyl adjacent to an activating group) is 1. The lowest BCUT2D eigenvalue weighted by Crippen LogP contribution is -2.41. The van der Waals surface area contributed by atoms with Gasteiger partial charge in [0.25, 0.3) is 5.91 Å². The monoisotopic (exact) mass is 526 g/mol. The second kappa shape index (κ2) is 10.2. The van der Waals surface area contributed by atoms with Crippen molar-refractivity contribution in [3.05, 3.63) is 53.8 Å². The number of halogens is 1. The number of rotatable bonds is 7. The van der Waals surface area contributed by atoms with Crippen molar-refractivity contribution in [2.45, 2.75) is 31.1 Å². The quantitative estimate of drug-likeness (QED) is 0.270. The van der Waals surface area contributed by atoms with Gasteiger partial charge in [-0.2, -0.15) is 0 Å². The van der Waals surface area contributed by atoms with Gasteiger partial charge in [-0.05, 0) is 12.1 Å². The number of hydrogen-bond acceptors (Lipinski definition) is 11. The van der Waals surface area contributed by atoms with Crippen LogP contribution in [0.25, 0.3) is 22.6 Å². The van der Waals surface area contributed by atoms with Gasteiger partial charge >= 0.3 is 0 Å². The third-order valence-corrected chi connectivity index (χ3v) is 6.07. The third-order valence-electron chi connectivity index (χ3n) is 5.86. The minimum Gasteiger partial charge on any atom is -0.497 e. The maximum absolute atomic E-state index is 12.1. The first-order chi connectivity index (χ1) is 17.9. The zero-order chi connectivity index (χ0) is 26.1. The Hall–Kier alpha value is -3.91. The highest BCUT2D eigenvalue weighted by molar-refractivity contribution is 6.30. The van der Waals surface area contributed by atoms with E-state index in [0.717, 1.165) is 0 Å². The summed E-state index contributed by atoms with van der Waals surface area (Å²) < 4.78 is 12.4. The predicted molar refractivity (Wildman–Crippen MR) is 132 cm³/mol. The smallest absolute Gasteiger partial charge is 0.251 e. The first kappa shape index (κ1) is 24.8. The number of aliphatic hydroxyl groups excluding tert-OH is 2. The maximum Gasteiger partial charge on any atom is 0.251 e. The molecule has 0 aromatic carbocycles. The molecule has 14 heteroatoms. The Balaban J connectivity index is 1.57. The summed E-state index contributed by atoms with van der Waals surface area (Å²) in [5, 5.41) is 27.1. The lowest BCUT2D eigenvalue weighted by Gasteiger charge is -2.17. The molecule has 4 atom stereocenters. The van der Waals surface area contributed by atoms with Crippen molar-refractivity contribution >= 4 is 34.5 Å². The van der Waals surface area contributed by atoms with Crippen molar-refractivity contribution in [2.24, 2.45) is 0 Å². The standard InChI is InChI=1S/C23H23ClN8O5/c1-25-22(35)18-16(33)17(34)23(37-18)32-10-29-15-20(28-9-13-6-14(36-2)3-4-27-13)30-19(31-21(15)32)11-5-12(24)8-26-7-11/h3-8,10,16-18,23,33-34H,9H2,1-2H3,(H,25,35)(H,28,30,31)/t16?,17?,18-,23?/m1/s1. The van der Waals surface area contributed by atoms with Gasteiger partial charge in [0.05, 0.1) is 30.7 Å². The molecule has 1 amide bonds. The molecule has 5 rings (SSSR count). The molecule has 13 nitrogen and oxygen atoms in total. The van der Waals surface area contributed by atoms with Crippen LogP contribution in [0.15, 0.2) is 43.1 Å². The van der Waals surface area contributed by atoms with Gasteiger partial charge in [-0.3, -0.25) is 19.3 Å². The lowest BCUT2D eigenvalue weighted by atomic mass is 10.1. The van der Waals surface area contributed by atoms with Gasteiger partial charge in [0.1, 0.15) is 18.0 Å². The molecule has 4 aromatic heterocycles. The van der Waals surface area contributed by atoms with Gasteiger partial charge in [0.2, 0.25) is 0 Å². The normalized spacial score (nSPS) is 21.2. The number of methoxy groups -OCH3 is 1. The lowest BCUT2D eigenvalue weighted by molar-refractivity contribution is -0.137. The number of anilines is 1. The fourth-order valence-corrected chi connectivity index (χ4v) is 4.17. The molecule has 3 unspecified atom stereocenters. The van der Waals surface area contributed by atoms with Crippen LogP contribution in [0.2, 0.25) is 5.02 Å². The average Bonchev–Trinajstić information content (AvgIpc) is 3.47. The van der Waals surface area contributed by atoms with E-state index in [1.807, 2.05) is 0 Å². The highest BCUT2D eigenvalue weighted by atomic mass is 35.5. The number of pyridine rings is 2. The van der Waals surface area contributed by atoms with E-state index in [9.17, 15) is 15.0 Å². The molecule has 1 aliphatic heterocycles. The number of aromatic nitrogens is 6. The van der Waals surface area contributed by atoms with Crippen LogP contribution in [0.1, 0.15) is 11.9 Å². The number of aliphatic hydroxyl groups is 2. The van der Waals surface area contributed by atoms with Gasteiger partial charge in [-0.15, -0.1) is 0 Å². The molecule has 0 spiro atoms. The van der Waals surface area contributed by atoms with Gasteiger partial charge in [0.15, 0.2) is 35.1 Å². The van der Waals surface area contributed by atoms with E-state index in [4.69, 9.17) is 21.1 Å². The summed E-state index contributed by atoms with van der Waals surface area (Å²) in [5.41, 5.74) is 1.90. The van der Waals surface area contributed by atoms with Crippen molar-refractivity contribution in [3.63, 3.8) is 0 Å². The second-order valence-electron chi connectivity index (χ2n) is 8.19. The Kier molecular flexibility index (Phi) is 6.84. The summed E-state index contributed by atoms with van der Waals surface area (Å²) in [4.78, 5) is 34.3. The molecule has 4 aromatic rings. The van der Waals surface area contributed by atoms with Crippen LogP contribution in [0, 0.1) is 0 Å². The van der Waals surface area contributed by atoms with Crippen molar-refractivity contribution in [2.75, 3.05) is 19.5 Å². The van der Waals surface area contributed by atoms with E-state index >= 15 is 0 Å². The first-order valence-electron chi connectivity index (χ1n) is 11.2. The molecule has 5 heterocycles. The average molecular weight is 527 g/mol. The van der Waals surface area contributed by atoms with E-state index in [2.05, 4.69) is 35.6 Å². The Labute approximate surface area is 215 Å². The molecule has 37 heavy (non-hydrogen) atoms.